The third-order valence-electron chi connectivity index (χ3n) is 8.01. The molecule has 0 spiro atoms. The molecule has 0 amide bonds. The van der Waals surface area contributed by atoms with E-state index < -0.39 is 11.9 Å². The van der Waals surface area contributed by atoms with Crippen LogP contribution in [0.1, 0.15) is 106 Å². The van der Waals surface area contributed by atoms with Crippen LogP contribution in [0.3, 0.4) is 0 Å². The lowest BCUT2D eigenvalue weighted by atomic mass is 9.90. The van der Waals surface area contributed by atoms with Crippen molar-refractivity contribution in [1.29, 1.82) is 0 Å². The van der Waals surface area contributed by atoms with Crippen molar-refractivity contribution in [1.82, 2.24) is 0 Å². The van der Waals surface area contributed by atoms with Crippen LogP contribution in [0.5, 0.6) is 0 Å². The molecule has 0 unspecified atom stereocenters. The first-order chi connectivity index (χ1) is 14.8. The monoisotopic (exact) mass is 428 g/mol. The van der Waals surface area contributed by atoms with Crippen molar-refractivity contribution in [3.05, 3.63) is 34.4 Å². The van der Waals surface area contributed by atoms with Gasteiger partial charge in [-0.2, -0.15) is 0 Å². The minimum absolute atomic E-state index is 0.370. The summed E-state index contributed by atoms with van der Waals surface area (Å²) in [7, 11) is 0. The molecular weight excluding hydrogens is 388 g/mol. The number of aryl methyl sites for hydroxylation is 2. The molecule has 1 aromatic carbocycles. The van der Waals surface area contributed by atoms with Crippen molar-refractivity contribution in [3.8, 4) is 0 Å². The van der Waals surface area contributed by atoms with E-state index in [0.29, 0.717) is 0 Å². The van der Waals surface area contributed by atoms with Gasteiger partial charge in [0.25, 0.3) is 0 Å². The van der Waals surface area contributed by atoms with Gasteiger partial charge in [0, 0.05) is 0 Å². The van der Waals surface area contributed by atoms with Crippen LogP contribution >= 0.6 is 0 Å². The zero-order chi connectivity index (χ0) is 22.5. The third-order valence-corrected chi connectivity index (χ3v) is 8.01. The number of benzene rings is 1. The van der Waals surface area contributed by atoms with Gasteiger partial charge in [-0.1, -0.05) is 44.2 Å². The fourth-order valence-electron chi connectivity index (χ4n) is 5.03. The molecule has 0 bridgehead atoms. The normalized spacial score (nSPS) is 18.0. The Balaban J connectivity index is 1.39. The van der Waals surface area contributed by atoms with E-state index in [1.54, 1.807) is 0 Å². The number of rotatable bonds is 15. The molecule has 0 saturated heterocycles. The van der Waals surface area contributed by atoms with E-state index in [4.69, 9.17) is 0 Å². The number of hydrogen-bond acceptors (Lipinski definition) is 2. The second kappa shape index (κ2) is 10.2. The maximum absolute atomic E-state index is 11.3. The molecule has 31 heavy (non-hydrogen) atoms. The molecule has 0 aromatic heterocycles. The Morgan fingerprint density at radius 2 is 1.23 bits per heavy atom. The van der Waals surface area contributed by atoms with Crippen molar-refractivity contribution >= 4 is 11.9 Å². The molecule has 2 aliphatic carbocycles. The molecule has 2 fully saturated rings. The van der Waals surface area contributed by atoms with Crippen LogP contribution in [0.15, 0.2) is 12.1 Å². The maximum atomic E-state index is 11.3. The zero-order valence-corrected chi connectivity index (χ0v) is 19.5. The highest BCUT2D eigenvalue weighted by molar-refractivity contribution is 5.78. The van der Waals surface area contributed by atoms with Crippen LogP contribution in [-0.4, -0.2) is 22.2 Å². The standard InChI is InChI=1S/C27H40O4/c1-20-12-13-22(10-6-3-4-8-14-26(16-17-26)24(28)29)23(21(20)2)11-7-5-9-15-27(18-19-27)25(30)31/h12-13H,3-11,14-19H2,1-2H3,(H,28,29)(H,30,31). The van der Waals surface area contributed by atoms with Crippen molar-refractivity contribution in [2.75, 3.05) is 0 Å². The van der Waals surface area contributed by atoms with Gasteiger partial charge >= 0.3 is 11.9 Å². The first-order valence-corrected chi connectivity index (χ1v) is 12.3. The van der Waals surface area contributed by atoms with Gasteiger partial charge in [-0.3, -0.25) is 9.59 Å². The predicted octanol–water partition coefficient (Wildman–Crippen LogP) is 6.63. The molecule has 1 aromatic rings. The van der Waals surface area contributed by atoms with Gasteiger partial charge in [-0.05, 0) is 100 Å². The van der Waals surface area contributed by atoms with Crippen LogP contribution < -0.4 is 0 Å². The van der Waals surface area contributed by atoms with Gasteiger partial charge in [0.15, 0.2) is 0 Å². The van der Waals surface area contributed by atoms with Crippen molar-refractivity contribution in [3.63, 3.8) is 0 Å². The topological polar surface area (TPSA) is 74.6 Å². The lowest BCUT2D eigenvalue weighted by molar-refractivity contribution is -0.144. The smallest absolute Gasteiger partial charge is 0.309 e. The molecule has 4 nitrogen and oxygen atoms in total. The van der Waals surface area contributed by atoms with E-state index in [9.17, 15) is 19.8 Å². The molecular formula is C27H40O4. The van der Waals surface area contributed by atoms with Crippen LogP contribution in [0.2, 0.25) is 0 Å². The molecule has 0 heterocycles. The number of unbranched alkanes of at least 4 members (excludes halogenated alkanes) is 5. The van der Waals surface area contributed by atoms with E-state index in [0.717, 1.165) is 89.9 Å². The maximum Gasteiger partial charge on any atom is 0.309 e. The first-order valence-electron chi connectivity index (χ1n) is 12.3. The van der Waals surface area contributed by atoms with Crippen LogP contribution in [0.25, 0.3) is 0 Å². The summed E-state index contributed by atoms with van der Waals surface area (Å²) in [6.07, 6.45) is 15.1. The van der Waals surface area contributed by atoms with E-state index in [2.05, 4.69) is 26.0 Å². The SMILES string of the molecule is Cc1ccc(CCCCCCC2(C(=O)O)CC2)c(CCCCCC2(C(=O)O)CC2)c1C. The van der Waals surface area contributed by atoms with Gasteiger partial charge in [0.2, 0.25) is 0 Å². The number of carboxylic acids is 2. The van der Waals surface area contributed by atoms with Crippen molar-refractivity contribution < 1.29 is 19.8 Å². The predicted molar refractivity (Wildman–Crippen MR) is 123 cm³/mol. The third kappa shape index (κ3) is 6.11. The van der Waals surface area contributed by atoms with E-state index in [1.807, 2.05) is 0 Å². The summed E-state index contributed by atoms with van der Waals surface area (Å²) in [5.41, 5.74) is 4.99. The molecule has 172 valence electrons. The van der Waals surface area contributed by atoms with Gasteiger partial charge in [-0.25, -0.2) is 0 Å². The van der Waals surface area contributed by atoms with E-state index >= 15 is 0 Å². The summed E-state index contributed by atoms with van der Waals surface area (Å²) in [6.45, 7) is 4.42. The van der Waals surface area contributed by atoms with Crippen molar-refractivity contribution in [2.45, 2.75) is 110 Å². The van der Waals surface area contributed by atoms with Gasteiger partial charge in [0.05, 0.1) is 10.8 Å². The lowest BCUT2D eigenvalue weighted by Gasteiger charge is -2.16. The van der Waals surface area contributed by atoms with E-state index in [1.165, 1.54) is 28.7 Å². The van der Waals surface area contributed by atoms with Crippen LogP contribution in [0.4, 0.5) is 0 Å². The Morgan fingerprint density at radius 3 is 1.74 bits per heavy atom. The second-order valence-corrected chi connectivity index (χ2v) is 10.3. The summed E-state index contributed by atoms with van der Waals surface area (Å²) < 4.78 is 0. The molecule has 0 aliphatic heterocycles. The summed E-state index contributed by atoms with van der Waals surface area (Å²) in [5, 5.41) is 18.6. The molecule has 2 aliphatic rings. The van der Waals surface area contributed by atoms with Crippen LogP contribution in [-0.2, 0) is 22.4 Å². The minimum atomic E-state index is -0.598. The Hall–Kier alpha value is -1.84. The average molecular weight is 429 g/mol. The zero-order valence-electron chi connectivity index (χ0n) is 19.5. The summed E-state index contributed by atoms with van der Waals surface area (Å²) >= 11 is 0. The number of hydrogen-bond donors (Lipinski definition) is 2. The molecule has 0 radical (unpaired) electrons. The fourth-order valence-corrected chi connectivity index (χ4v) is 5.03. The Labute approximate surface area is 187 Å². The quantitative estimate of drug-likeness (QED) is 0.307. The molecule has 0 atom stereocenters. The molecule has 2 N–H and O–H groups in total. The number of carbonyl (C=O) groups is 2. The minimum Gasteiger partial charge on any atom is -0.481 e. The fraction of sp³-hybridized carbons (Fsp3) is 0.704. The Morgan fingerprint density at radius 1 is 0.742 bits per heavy atom. The highest BCUT2D eigenvalue weighted by Crippen LogP contribution is 2.50. The lowest BCUT2D eigenvalue weighted by Crippen LogP contribution is -2.14. The number of carboxylic acid groups (broad SMARTS) is 2. The number of aliphatic carboxylic acids is 2. The largest absolute Gasteiger partial charge is 0.481 e. The van der Waals surface area contributed by atoms with Gasteiger partial charge in [0.1, 0.15) is 0 Å². The van der Waals surface area contributed by atoms with Crippen LogP contribution in [0, 0.1) is 24.7 Å². The van der Waals surface area contributed by atoms with Gasteiger partial charge in [-0.15, -0.1) is 0 Å². The Bertz CT molecular complexity index is 787. The average Bonchev–Trinajstić information content (AvgIpc) is 3.64. The highest BCUT2D eigenvalue weighted by Gasteiger charge is 2.49. The summed E-state index contributed by atoms with van der Waals surface area (Å²) in [4.78, 5) is 22.6. The first kappa shape index (κ1) is 23.8. The Kier molecular flexibility index (Phi) is 7.82. The highest BCUT2D eigenvalue weighted by atomic mass is 16.4. The molecule has 4 heteroatoms. The van der Waals surface area contributed by atoms with Crippen molar-refractivity contribution in [2.24, 2.45) is 10.8 Å². The summed E-state index contributed by atoms with van der Waals surface area (Å²) in [5.74, 6) is -1.19. The summed E-state index contributed by atoms with van der Waals surface area (Å²) in [6, 6.07) is 4.53. The second-order valence-electron chi connectivity index (χ2n) is 10.3. The van der Waals surface area contributed by atoms with E-state index in [-0.39, 0.29) is 10.8 Å². The molecule has 3 rings (SSSR count). The van der Waals surface area contributed by atoms with Gasteiger partial charge < -0.3 is 10.2 Å². The molecule has 2 saturated carbocycles.